The third kappa shape index (κ3) is 3.66. The van der Waals surface area contributed by atoms with Crippen LogP contribution in [0.1, 0.15) is 15.9 Å². The lowest BCUT2D eigenvalue weighted by Crippen LogP contribution is -2.24. The molecule has 0 saturated carbocycles. The van der Waals surface area contributed by atoms with Crippen LogP contribution in [0, 0.1) is 0 Å². The average Bonchev–Trinajstić information content (AvgIpc) is 2.55. The fourth-order valence-electron chi connectivity index (χ4n) is 1.98. The van der Waals surface area contributed by atoms with E-state index in [1.165, 1.54) is 24.9 Å². The van der Waals surface area contributed by atoms with Crippen LogP contribution in [0.4, 0.5) is 0 Å². The highest BCUT2D eigenvalue weighted by Gasteiger charge is 2.09. The fraction of sp³-hybridized carbons (Fsp3) is 0.250. The largest absolute Gasteiger partial charge is 0.497 e. The molecule has 0 saturated heterocycles. The summed E-state index contributed by atoms with van der Waals surface area (Å²) in [5.41, 5.74) is 1.19. The van der Waals surface area contributed by atoms with Crippen LogP contribution in [0.5, 0.6) is 11.5 Å². The van der Waals surface area contributed by atoms with Crippen molar-refractivity contribution < 1.29 is 14.3 Å². The van der Waals surface area contributed by atoms with Crippen molar-refractivity contribution in [3.8, 4) is 11.5 Å². The summed E-state index contributed by atoms with van der Waals surface area (Å²) < 4.78 is 11.8. The minimum absolute atomic E-state index is 0.0902. The van der Waals surface area contributed by atoms with Gasteiger partial charge in [-0.1, -0.05) is 6.07 Å². The molecule has 0 fully saturated rings. The Morgan fingerprint density at radius 1 is 1.14 bits per heavy atom. The van der Waals surface area contributed by atoms with Gasteiger partial charge in [-0.3, -0.25) is 9.59 Å². The molecule has 0 spiro atoms. The van der Waals surface area contributed by atoms with Crippen LogP contribution < -0.4 is 20.3 Å². The van der Waals surface area contributed by atoms with Crippen molar-refractivity contribution in [3.05, 3.63) is 58.0 Å². The SMILES string of the molecule is COc1cc(OC)cc(C(=O)NCc2ccc(=O)n(C)c2)c1. The first-order valence-corrected chi connectivity index (χ1v) is 6.70. The number of hydrogen-bond donors (Lipinski definition) is 1. The van der Waals surface area contributed by atoms with Crippen molar-refractivity contribution in [2.24, 2.45) is 7.05 Å². The number of hydrogen-bond acceptors (Lipinski definition) is 4. The van der Waals surface area contributed by atoms with E-state index in [1.54, 1.807) is 37.5 Å². The van der Waals surface area contributed by atoms with Crippen molar-refractivity contribution in [1.82, 2.24) is 9.88 Å². The maximum absolute atomic E-state index is 12.2. The molecule has 0 aliphatic rings. The molecule has 1 aromatic carbocycles. The van der Waals surface area contributed by atoms with Crippen molar-refractivity contribution >= 4 is 5.91 Å². The Kier molecular flexibility index (Phi) is 4.83. The van der Waals surface area contributed by atoms with Gasteiger partial charge in [-0.2, -0.15) is 0 Å². The van der Waals surface area contributed by atoms with Gasteiger partial charge in [-0.05, 0) is 17.7 Å². The number of carbonyl (C=O) groups excluding carboxylic acids is 1. The topological polar surface area (TPSA) is 69.6 Å². The molecule has 1 aromatic heterocycles. The normalized spacial score (nSPS) is 10.1. The van der Waals surface area contributed by atoms with E-state index >= 15 is 0 Å². The van der Waals surface area contributed by atoms with Gasteiger partial charge in [0, 0.05) is 37.5 Å². The van der Waals surface area contributed by atoms with Crippen LogP contribution in [0.25, 0.3) is 0 Å². The number of aromatic nitrogens is 1. The first-order valence-electron chi connectivity index (χ1n) is 6.70. The highest BCUT2D eigenvalue weighted by molar-refractivity contribution is 5.95. The van der Waals surface area contributed by atoms with Gasteiger partial charge in [0.05, 0.1) is 14.2 Å². The van der Waals surface area contributed by atoms with E-state index in [4.69, 9.17) is 9.47 Å². The molecule has 0 unspecified atom stereocenters. The van der Waals surface area contributed by atoms with Gasteiger partial charge >= 0.3 is 0 Å². The summed E-state index contributed by atoms with van der Waals surface area (Å²) in [5, 5.41) is 2.80. The maximum atomic E-state index is 12.2. The van der Waals surface area contributed by atoms with Crippen LogP contribution in [-0.2, 0) is 13.6 Å². The summed E-state index contributed by atoms with van der Waals surface area (Å²) in [6.07, 6.45) is 1.69. The third-order valence-electron chi connectivity index (χ3n) is 3.21. The quantitative estimate of drug-likeness (QED) is 0.904. The van der Waals surface area contributed by atoms with E-state index in [2.05, 4.69) is 5.32 Å². The van der Waals surface area contributed by atoms with Crippen LogP contribution in [0.2, 0.25) is 0 Å². The molecule has 6 heteroatoms. The summed E-state index contributed by atoms with van der Waals surface area (Å²) in [5.74, 6) is 0.851. The van der Waals surface area contributed by atoms with Crippen LogP contribution in [0.15, 0.2) is 41.3 Å². The Morgan fingerprint density at radius 3 is 2.32 bits per heavy atom. The van der Waals surface area contributed by atoms with Gasteiger partial charge in [0.1, 0.15) is 11.5 Å². The number of carbonyl (C=O) groups is 1. The summed E-state index contributed by atoms with van der Waals surface area (Å²) >= 11 is 0. The monoisotopic (exact) mass is 302 g/mol. The molecule has 0 radical (unpaired) electrons. The molecule has 22 heavy (non-hydrogen) atoms. The van der Waals surface area contributed by atoms with Crippen LogP contribution in [-0.4, -0.2) is 24.7 Å². The highest BCUT2D eigenvalue weighted by Crippen LogP contribution is 2.22. The van der Waals surface area contributed by atoms with Gasteiger partial charge in [0.15, 0.2) is 0 Å². The minimum Gasteiger partial charge on any atom is -0.497 e. The Bertz CT molecular complexity index is 715. The molecule has 2 rings (SSSR count). The first-order chi connectivity index (χ1) is 10.5. The molecule has 116 valence electrons. The van der Waals surface area contributed by atoms with Gasteiger partial charge < -0.3 is 19.4 Å². The minimum atomic E-state index is -0.244. The third-order valence-corrected chi connectivity index (χ3v) is 3.21. The average molecular weight is 302 g/mol. The van der Waals surface area contributed by atoms with Crippen LogP contribution >= 0.6 is 0 Å². The molecule has 2 aromatic rings. The van der Waals surface area contributed by atoms with Crippen molar-refractivity contribution in [1.29, 1.82) is 0 Å². The number of rotatable bonds is 5. The maximum Gasteiger partial charge on any atom is 0.251 e. The number of ether oxygens (including phenoxy) is 2. The Balaban J connectivity index is 2.11. The molecule has 1 heterocycles. The predicted molar refractivity (Wildman–Crippen MR) is 82.4 cm³/mol. The number of nitrogens with one attached hydrogen (secondary N) is 1. The second-order valence-corrected chi connectivity index (χ2v) is 4.77. The van der Waals surface area contributed by atoms with E-state index in [0.717, 1.165) is 5.56 Å². The van der Waals surface area contributed by atoms with Gasteiger partial charge in [0.25, 0.3) is 5.91 Å². The van der Waals surface area contributed by atoms with Gasteiger partial charge in [-0.15, -0.1) is 0 Å². The zero-order valence-electron chi connectivity index (χ0n) is 12.8. The van der Waals surface area contributed by atoms with Gasteiger partial charge in [-0.25, -0.2) is 0 Å². The lowest BCUT2D eigenvalue weighted by atomic mass is 10.2. The van der Waals surface area contributed by atoms with Gasteiger partial charge in [0.2, 0.25) is 5.56 Å². The van der Waals surface area contributed by atoms with Crippen LogP contribution in [0.3, 0.4) is 0 Å². The van der Waals surface area contributed by atoms with E-state index in [0.29, 0.717) is 23.6 Å². The number of benzene rings is 1. The molecule has 1 N–H and O–H groups in total. The Morgan fingerprint density at radius 2 is 1.77 bits per heavy atom. The molecule has 0 aliphatic carbocycles. The van der Waals surface area contributed by atoms with E-state index < -0.39 is 0 Å². The molecule has 1 amide bonds. The zero-order valence-corrected chi connectivity index (χ0v) is 12.8. The molecule has 6 nitrogen and oxygen atoms in total. The number of aryl methyl sites for hydroxylation is 1. The number of methoxy groups -OCH3 is 2. The Labute approximate surface area is 128 Å². The van der Waals surface area contributed by atoms with Crippen molar-refractivity contribution in [2.45, 2.75) is 6.54 Å². The van der Waals surface area contributed by atoms with Crippen molar-refractivity contribution in [2.75, 3.05) is 14.2 Å². The molecule has 0 aliphatic heterocycles. The van der Waals surface area contributed by atoms with E-state index in [9.17, 15) is 9.59 Å². The second-order valence-electron chi connectivity index (χ2n) is 4.77. The smallest absolute Gasteiger partial charge is 0.251 e. The summed E-state index contributed by atoms with van der Waals surface area (Å²) in [4.78, 5) is 23.5. The lowest BCUT2D eigenvalue weighted by Gasteiger charge is -2.09. The number of amides is 1. The summed E-state index contributed by atoms with van der Waals surface area (Å²) in [6, 6.07) is 8.13. The molecular weight excluding hydrogens is 284 g/mol. The summed E-state index contributed by atoms with van der Waals surface area (Å²) in [6.45, 7) is 0.326. The zero-order chi connectivity index (χ0) is 16.1. The first kappa shape index (κ1) is 15.6. The van der Waals surface area contributed by atoms with Crippen molar-refractivity contribution in [3.63, 3.8) is 0 Å². The van der Waals surface area contributed by atoms with E-state index in [-0.39, 0.29) is 11.5 Å². The molecule has 0 bridgehead atoms. The predicted octanol–water partition coefficient (Wildman–Crippen LogP) is 1.33. The summed E-state index contributed by atoms with van der Waals surface area (Å²) in [7, 11) is 4.72. The lowest BCUT2D eigenvalue weighted by molar-refractivity contribution is 0.0950. The highest BCUT2D eigenvalue weighted by atomic mass is 16.5. The number of nitrogens with zero attached hydrogens (tertiary/aromatic N) is 1. The second kappa shape index (κ2) is 6.80. The number of pyridine rings is 1. The Hall–Kier alpha value is -2.76. The molecule has 0 atom stereocenters. The fourth-order valence-corrected chi connectivity index (χ4v) is 1.98. The molecular formula is C16H18N2O4. The standard InChI is InChI=1S/C16H18N2O4/c1-18-10-11(4-5-15(18)19)9-17-16(20)12-6-13(21-2)8-14(7-12)22-3/h4-8,10H,9H2,1-3H3,(H,17,20). The van der Waals surface area contributed by atoms with E-state index in [1.807, 2.05) is 0 Å².